The summed E-state index contributed by atoms with van der Waals surface area (Å²) < 4.78 is 47.9. The average Bonchev–Trinajstić information content (AvgIpc) is 2.54. The number of nitrogens with one attached hydrogen (secondary N) is 2. The fraction of sp³-hybridized carbons (Fsp3) is 0.133. The van der Waals surface area contributed by atoms with Crippen LogP contribution < -0.4 is 10.6 Å². The maximum Gasteiger partial charge on any atom is 0.341 e. The molecule has 2 amide bonds. The topological polar surface area (TPSA) is 75.3 Å². The maximum absolute atomic E-state index is 12.5. The minimum atomic E-state index is -4.72. The van der Waals surface area contributed by atoms with Crippen LogP contribution in [0, 0.1) is 0 Å². The van der Waals surface area contributed by atoms with E-state index in [1.807, 2.05) is 0 Å². The predicted octanol–water partition coefficient (Wildman–Crippen LogP) is 3.66. The molecule has 9 heteroatoms. The predicted molar refractivity (Wildman–Crippen MR) is 86.9 cm³/mol. The van der Waals surface area contributed by atoms with Crippen molar-refractivity contribution in [1.82, 2.24) is 5.32 Å². The van der Waals surface area contributed by atoms with Crippen LogP contribution in [0.2, 0.25) is 5.02 Å². The minimum Gasteiger partial charge on any atom is -0.334 e. The van der Waals surface area contributed by atoms with Gasteiger partial charge in [-0.25, -0.2) is 13.2 Å². The fourth-order valence-electron chi connectivity index (χ4n) is 1.85. The van der Waals surface area contributed by atoms with Crippen molar-refractivity contribution in [3.63, 3.8) is 0 Å². The molecule has 2 rings (SSSR count). The Labute approximate surface area is 142 Å². The third-order valence-electron chi connectivity index (χ3n) is 3.05. The zero-order chi connectivity index (χ0) is 17.7. The summed E-state index contributed by atoms with van der Waals surface area (Å²) in [6.07, 6.45) is 0. The van der Waals surface area contributed by atoms with Gasteiger partial charge in [0.25, 0.3) is 0 Å². The van der Waals surface area contributed by atoms with Crippen molar-refractivity contribution in [1.29, 1.82) is 0 Å². The van der Waals surface area contributed by atoms with Gasteiger partial charge in [-0.1, -0.05) is 35.9 Å². The summed E-state index contributed by atoms with van der Waals surface area (Å²) in [4.78, 5) is 11.3. The number of sulfone groups is 1. The molecule has 2 N–H and O–H groups in total. The number of hydrogen-bond acceptors (Lipinski definition) is 3. The number of rotatable bonds is 5. The van der Waals surface area contributed by atoms with E-state index in [-0.39, 0.29) is 12.2 Å². The fourth-order valence-corrected chi connectivity index (χ4v) is 2.81. The van der Waals surface area contributed by atoms with Crippen LogP contribution in [0.4, 0.5) is 19.3 Å². The third kappa shape index (κ3) is 4.42. The largest absolute Gasteiger partial charge is 0.341 e. The van der Waals surface area contributed by atoms with Crippen LogP contribution in [-0.4, -0.2) is 20.2 Å². The van der Waals surface area contributed by atoms with Crippen LogP contribution >= 0.6 is 11.6 Å². The molecule has 0 unspecified atom stereocenters. The SMILES string of the molecule is O=C(NCc1ccccc1Cl)Nc1cccc(S(=O)(=O)C(F)F)c1. The molecule has 5 nitrogen and oxygen atoms in total. The highest BCUT2D eigenvalue weighted by molar-refractivity contribution is 7.91. The number of carbonyl (C=O) groups is 1. The summed E-state index contributed by atoms with van der Waals surface area (Å²) in [6.45, 7) is 0.153. The Morgan fingerprint density at radius 2 is 1.83 bits per heavy atom. The molecule has 0 atom stereocenters. The second-order valence-corrected chi connectivity index (χ2v) is 7.06. The number of urea groups is 1. The molecule has 0 aliphatic rings. The molecule has 2 aromatic rings. The molecule has 0 bridgehead atoms. The molecular formula is C15H13ClF2N2O3S. The number of anilines is 1. The molecule has 0 aromatic heterocycles. The zero-order valence-electron chi connectivity index (χ0n) is 12.2. The Hall–Kier alpha value is -2.19. The first kappa shape index (κ1) is 18.2. The first-order valence-electron chi connectivity index (χ1n) is 6.71. The number of alkyl halides is 2. The molecule has 0 aliphatic heterocycles. The van der Waals surface area contributed by atoms with Gasteiger partial charge in [-0.2, -0.15) is 8.78 Å². The van der Waals surface area contributed by atoms with E-state index in [2.05, 4.69) is 10.6 Å². The molecule has 128 valence electrons. The number of benzene rings is 2. The molecule has 0 saturated heterocycles. The van der Waals surface area contributed by atoms with E-state index in [9.17, 15) is 22.0 Å². The van der Waals surface area contributed by atoms with Crippen LogP contribution in [0.3, 0.4) is 0 Å². The second-order valence-electron chi connectivity index (χ2n) is 4.73. The second kappa shape index (κ2) is 7.59. The summed E-state index contributed by atoms with van der Waals surface area (Å²) >= 11 is 5.96. The van der Waals surface area contributed by atoms with Crippen molar-refractivity contribution in [2.24, 2.45) is 0 Å². The van der Waals surface area contributed by atoms with Crippen LogP contribution in [0.15, 0.2) is 53.4 Å². The molecular weight excluding hydrogens is 362 g/mol. The monoisotopic (exact) mass is 374 g/mol. The van der Waals surface area contributed by atoms with Gasteiger partial charge in [0.2, 0.25) is 9.84 Å². The number of amides is 2. The standard InChI is InChI=1S/C15H13ClF2N2O3S/c16-13-7-2-1-4-10(13)9-19-15(21)20-11-5-3-6-12(8-11)24(22,23)14(17)18/h1-8,14H,9H2,(H2,19,20,21). The lowest BCUT2D eigenvalue weighted by Gasteiger charge is -2.10. The van der Waals surface area contributed by atoms with Crippen LogP contribution in [0.25, 0.3) is 0 Å². The van der Waals surface area contributed by atoms with Gasteiger partial charge in [0, 0.05) is 17.3 Å². The number of hydrogen-bond donors (Lipinski definition) is 2. The van der Waals surface area contributed by atoms with Crippen molar-refractivity contribution in [2.45, 2.75) is 17.2 Å². The Morgan fingerprint density at radius 1 is 1.12 bits per heavy atom. The van der Waals surface area contributed by atoms with Crippen molar-refractivity contribution < 1.29 is 22.0 Å². The molecule has 0 aliphatic carbocycles. The van der Waals surface area contributed by atoms with Gasteiger partial charge in [0.1, 0.15) is 0 Å². The lowest BCUT2D eigenvalue weighted by atomic mass is 10.2. The highest BCUT2D eigenvalue weighted by Gasteiger charge is 2.26. The first-order chi connectivity index (χ1) is 11.3. The Kier molecular flexibility index (Phi) is 5.74. The van der Waals surface area contributed by atoms with Crippen molar-refractivity contribution in [2.75, 3.05) is 5.32 Å². The molecule has 0 heterocycles. The van der Waals surface area contributed by atoms with Gasteiger partial charge >= 0.3 is 11.8 Å². The van der Waals surface area contributed by atoms with Gasteiger partial charge in [-0.15, -0.1) is 0 Å². The Morgan fingerprint density at radius 3 is 2.50 bits per heavy atom. The third-order valence-corrected chi connectivity index (χ3v) is 4.80. The highest BCUT2D eigenvalue weighted by Crippen LogP contribution is 2.21. The smallest absolute Gasteiger partial charge is 0.334 e. The van der Waals surface area contributed by atoms with E-state index in [1.165, 1.54) is 12.1 Å². The zero-order valence-corrected chi connectivity index (χ0v) is 13.7. The van der Waals surface area contributed by atoms with Gasteiger partial charge in [-0.3, -0.25) is 0 Å². The van der Waals surface area contributed by atoms with Crippen LogP contribution in [0.1, 0.15) is 5.56 Å². The Bertz CT molecular complexity index is 844. The average molecular weight is 375 g/mol. The van der Waals surface area contributed by atoms with Gasteiger partial charge < -0.3 is 10.6 Å². The van der Waals surface area contributed by atoms with E-state index in [4.69, 9.17) is 11.6 Å². The molecule has 0 spiro atoms. The molecule has 0 radical (unpaired) electrons. The van der Waals surface area contributed by atoms with Crippen molar-refractivity contribution in [3.05, 3.63) is 59.1 Å². The van der Waals surface area contributed by atoms with E-state index in [0.717, 1.165) is 12.1 Å². The van der Waals surface area contributed by atoms with Crippen molar-refractivity contribution >= 4 is 33.2 Å². The Balaban J connectivity index is 2.04. The lowest BCUT2D eigenvalue weighted by Crippen LogP contribution is -2.28. The van der Waals surface area contributed by atoms with Crippen LogP contribution in [0.5, 0.6) is 0 Å². The van der Waals surface area contributed by atoms with Crippen molar-refractivity contribution in [3.8, 4) is 0 Å². The summed E-state index contributed by atoms with van der Waals surface area (Å²) in [5, 5.41) is 5.41. The lowest BCUT2D eigenvalue weighted by molar-refractivity contribution is 0.235. The summed E-state index contributed by atoms with van der Waals surface area (Å²) in [6, 6.07) is 11.0. The van der Waals surface area contributed by atoms with E-state index < -0.39 is 26.5 Å². The van der Waals surface area contributed by atoms with E-state index in [1.54, 1.807) is 24.3 Å². The molecule has 0 fully saturated rings. The number of carbonyl (C=O) groups excluding carboxylic acids is 1. The normalized spacial score (nSPS) is 11.3. The summed E-state index contributed by atoms with van der Waals surface area (Å²) in [5.41, 5.74) is 0.775. The van der Waals surface area contributed by atoms with Gasteiger partial charge in [0.15, 0.2) is 0 Å². The maximum atomic E-state index is 12.5. The van der Waals surface area contributed by atoms with Gasteiger partial charge in [0.05, 0.1) is 4.90 Å². The highest BCUT2D eigenvalue weighted by atomic mass is 35.5. The molecule has 2 aromatic carbocycles. The first-order valence-corrected chi connectivity index (χ1v) is 8.63. The van der Waals surface area contributed by atoms with E-state index >= 15 is 0 Å². The summed E-state index contributed by atoms with van der Waals surface area (Å²) in [5.74, 6) is -3.53. The summed E-state index contributed by atoms with van der Waals surface area (Å²) in [7, 11) is -4.72. The van der Waals surface area contributed by atoms with E-state index in [0.29, 0.717) is 10.6 Å². The number of halogens is 3. The molecule has 0 saturated carbocycles. The van der Waals surface area contributed by atoms with Crippen LogP contribution in [-0.2, 0) is 16.4 Å². The quantitative estimate of drug-likeness (QED) is 0.838. The minimum absolute atomic E-state index is 0.0772. The van der Waals surface area contributed by atoms with Gasteiger partial charge in [-0.05, 0) is 29.8 Å². The molecule has 24 heavy (non-hydrogen) atoms.